The third kappa shape index (κ3) is 5.63. The minimum atomic E-state index is -0.257. The Kier molecular flexibility index (Phi) is 6.94. The smallest absolute Gasteiger partial charge is 0.319 e. The Hall–Kier alpha value is -3.22. The van der Waals surface area contributed by atoms with E-state index in [2.05, 4.69) is 10.6 Å². The first-order valence-corrected chi connectivity index (χ1v) is 9.67. The maximum Gasteiger partial charge on any atom is 0.319 e. The molecule has 0 saturated carbocycles. The van der Waals surface area contributed by atoms with E-state index in [-0.39, 0.29) is 17.9 Å². The highest BCUT2D eigenvalue weighted by Gasteiger charge is 2.29. The zero-order valence-electron chi connectivity index (χ0n) is 16.8. The van der Waals surface area contributed by atoms with Crippen LogP contribution in [0, 0.1) is 5.92 Å². The third-order valence-electron chi connectivity index (χ3n) is 5.00. The molecule has 2 aromatic carbocycles. The number of anilines is 1. The summed E-state index contributed by atoms with van der Waals surface area (Å²) in [4.78, 5) is 26.2. The van der Waals surface area contributed by atoms with Gasteiger partial charge >= 0.3 is 6.03 Å². The molecule has 1 unspecified atom stereocenters. The summed E-state index contributed by atoms with van der Waals surface area (Å²) < 4.78 is 10.6. The summed E-state index contributed by atoms with van der Waals surface area (Å²) in [6, 6.07) is 14.8. The summed E-state index contributed by atoms with van der Waals surface area (Å²) >= 11 is 0. The van der Waals surface area contributed by atoms with Crippen molar-refractivity contribution in [3.8, 4) is 11.5 Å². The van der Waals surface area contributed by atoms with Gasteiger partial charge in [0.05, 0.1) is 14.2 Å². The fourth-order valence-electron chi connectivity index (χ4n) is 3.44. The average molecular weight is 397 g/mol. The molecule has 3 rings (SSSR count). The molecule has 7 heteroatoms. The van der Waals surface area contributed by atoms with E-state index < -0.39 is 0 Å². The number of nitrogens with one attached hydrogen (secondary N) is 2. The number of carbonyl (C=O) groups excluding carboxylic acids is 2. The van der Waals surface area contributed by atoms with Gasteiger partial charge < -0.3 is 25.0 Å². The monoisotopic (exact) mass is 397 g/mol. The van der Waals surface area contributed by atoms with E-state index in [9.17, 15) is 9.59 Å². The third-order valence-corrected chi connectivity index (χ3v) is 5.00. The highest BCUT2D eigenvalue weighted by Crippen LogP contribution is 2.28. The first kappa shape index (κ1) is 20.5. The fraction of sp³-hybridized carbons (Fsp3) is 0.364. The number of benzene rings is 2. The number of ether oxygens (including phenoxy) is 2. The Balaban J connectivity index is 1.45. The molecule has 1 fully saturated rings. The highest BCUT2D eigenvalue weighted by molar-refractivity contribution is 5.89. The van der Waals surface area contributed by atoms with Crippen LogP contribution in [-0.2, 0) is 11.2 Å². The molecule has 0 aliphatic carbocycles. The standard InChI is InChI=1S/C22H27N3O4/c1-28-19-9-8-16(12-20(19)29-2)10-11-25-15-17(13-21(25)26)14-23-22(27)24-18-6-4-3-5-7-18/h3-9,12,17H,10-11,13-15H2,1-2H3,(H2,23,24,27). The summed E-state index contributed by atoms with van der Waals surface area (Å²) in [5.74, 6) is 1.62. The molecule has 1 saturated heterocycles. The zero-order chi connectivity index (χ0) is 20.6. The Morgan fingerprint density at radius 1 is 1.10 bits per heavy atom. The normalized spacial score (nSPS) is 15.9. The molecule has 7 nitrogen and oxygen atoms in total. The van der Waals surface area contributed by atoms with Gasteiger partial charge in [0.15, 0.2) is 11.5 Å². The van der Waals surface area contributed by atoms with Crippen molar-refractivity contribution >= 4 is 17.6 Å². The van der Waals surface area contributed by atoms with Crippen LogP contribution in [0.2, 0.25) is 0 Å². The Bertz CT molecular complexity index is 841. The number of rotatable bonds is 8. The van der Waals surface area contributed by atoms with Gasteiger partial charge in [0, 0.05) is 37.7 Å². The van der Waals surface area contributed by atoms with Crippen molar-refractivity contribution in [1.29, 1.82) is 0 Å². The second-order valence-corrected chi connectivity index (χ2v) is 7.05. The lowest BCUT2D eigenvalue weighted by Gasteiger charge is -2.17. The molecule has 3 amide bonds. The predicted molar refractivity (Wildman–Crippen MR) is 111 cm³/mol. The number of nitrogens with zero attached hydrogens (tertiary/aromatic N) is 1. The van der Waals surface area contributed by atoms with E-state index in [0.29, 0.717) is 37.6 Å². The molecule has 1 atom stereocenters. The minimum absolute atomic E-state index is 0.120. The fourth-order valence-corrected chi connectivity index (χ4v) is 3.44. The average Bonchev–Trinajstić information content (AvgIpc) is 3.10. The number of amides is 3. The zero-order valence-corrected chi connectivity index (χ0v) is 16.8. The number of hydrogen-bond acceptors (Lipinski definition) is 4. The number of urea groups is 1. The summed E-state index contributed by atoms with van der Waals surface area (Å²) in [5.41, 5.74) is 1.82. The molecule has 2 N–H and O–H groups in total. The molecule has 2 aromatic rings. The van der Waals surface area contributed by atoms with E-state index in [4.69, 9.17) is 9.47 Å². The summed E-state index contributed by atoms with van der Waals surface area (Å²) in [6.45, 7) is 1.76. The van der Waals surface area contributed by atoms with Gasteiger partial charge in [-0.1, -0.05) is 24.3 Å². The molecular formula is C22H27N3O4. The quantitative estimate of drug-likeness (QED) is 0.718. The van der Waals surface area contributed by atoms with Gasteiger partial charge in [-0.05, 0) is 36.2 Å². The van der Waals surface area contributed by atoms with Gasteiger partial charge in [-0.25, -0.2) is 4.79 Å². The molecule has 1 aliphatic heterocycles. The summed E-state index contributed by atoms with van der Waals surface area (Å²) in [7, 11) is 3.21. The van der Waals surface area contributed by atoms with E-state index in [1.807, 2.05) is 53.4 Å². The minimum Gasteiger partial charge on any atom is -0.493 e. The van der Waals surface area contributed by atoms with Gasteiger partial charge in [-0.2, -0.15) is 0 Å². The summed E-state index contributed by atoms with van der Waals surface area (Å²) in [5, 5.41) is 5.64. The van der Waals surface area contributed by atoms with Crippen LogP contribution in [0.5, 0.6) is 11.5 Å². The van der Waals surface area contributed by atoms with Crippen molar-refractivity contribution in [2.75, 3.05) is 39.2 Å². The molecule has 0 bridgehead atoms. The van der Waals surface area contributed by atoms with Crippen LogP contribution >= 0.6 is 0 Å². The van der Waals surface area contributed by atoms with Gasteiger partial charge in [0.25, 0.3) is 0 Å². The van der Waals surface area contributed by atoms with E-state index >= 15 is 0 Å². The predicted octanol–water partition coefficient (Wildman–Crippen LogP) is 2.92. The summed E-state index contributed by atoms with van der Waals surface area (Å²) in [6.07, 6.45) is 1.19. The van der Waals surface area contributed by atoms with Crippen LogP contribution in [0.25, 0.3) is 0 Å². The van der Waals surface area contributed by atoms with Crippen molar-refractivity contribution in [3.05, 3.63) is 54.1 Å². The second kappa shape index (κ2) is 9.82. The van der Waals surface area contributed by atoms with Crippen molar-refractivity contribution in [1.82, 2.24) is 10.2 Å². The lowest BCUT2D eigenvalue weighted by atomic mass is 10.1. The largest absolute Gasteiger partial charge is 0.493 e. The highest BCUT2D eigenvalue weighted by atomic mass is 16.5. The molecule has 0 aromatic heterocycles. The molecule has 0 radical (unpaired) electrons. The van der Waals surface area contributed by atoms with Crippen LogP contribution in [0.1, 0.15) is 12.0 Å². The Labute approximate surface area is 171 Å². The number of likely N-dealkylation sites (tertiary alicyclic amines) is 1. The number of carbonyl (C=O) groups is 2. The molecule has 0 spiro atoms. The van der Waals surface area contributed by atoms with Crippen LogP contribution in [0.15, 0.2) is 48.5 Å². The molecule has 154 valence electrons. The molecule has 29 heavy (non-hydrogen) atoms. The maximum absolute atomic E-state index is 12.3. The first-order chi connectivity index (χ1) is 14.1. The Morgan fingerprint density at radius 3 is 2.59 bits per heavy atom. The number of para-hydroxylation sites is 1. The van der Waals surface area contributed by atoms with E-state index in [1.165, 1.54) is 0 Å². The van der Waals surface area contributed by atoms with Crippen molar-refractivity contribution in [3.63, 3.8) is 0 Å². The van der Waals surface area contributed by atoms with Crippen LogP contribution in [0.4, 0.5) is 10.5 Å². The van der Waals surface area contributed by atoms with Gasteiger partial charge in [0.1, 0.15) is 0 Å². The first-order valence-electron chi connectivity index (χ1n) is 9.67. The molecular weight excluding hydrogens is 370 g/mol. The van der Waals surface area contributed by atoms with Gasteiger partial charge in [0.2, 0.25) is 5.91 Å². The maximum atomic E-state index is 12.3. The lowest BCUT2D eigenvalue weighted by molar-refractivity contribution is -0.127. The van der Waals surface area contributed by atoms with Gasteiger partial charge in [-0.3, -0.25) is 4.79 Å². The van der Waals surface area contributed by atoms with Crippen molar-refractivity contribution in [2.45, 2.75) is 12.8 Å². The van der Waals surface area contributed by atoms with Crippen LogP contribution in [-0.4, -0.2) is 50.7 Å². The van der Waals surface area contributed by atoms with Gasteiger partial charge in [-0.15, -0.1) is 0 Å². The number of methoxy groups -OCH3 is 2. The SMILES string of the molecule is COc1ccc(CCN2CC(CNC(=O)Nc3ccccc3)CC2=O)cc1OC. The molecule has 1 heterocycles. The Morgan fingerprint density at radius 2 is 1.86 bits per heavy atom. The van der Waals surface area contributed by atoms with Crippen LogP contribution in [0.3, 0.4) is 0 Å². The molecule has 1 aliphatic rings. The van der Waals surface area contributed by atoms with Crippen LogP contribution < -0.4 is 20.1 Å². The van der Waals surface area contributed by atoms with E-state index in [1.54, 1.807) is 14.2 Å². The second-order valence-electron chi connectivity index (χ2n) is 7.05. The van der Waals surface area contributed by atoms with E-state index in [0.717, 1.165) is 17.7 Å². The van der Waals surface area contributed by atoms with Crippen molar-refractivity contribution in [2.24, 2.45) is 5.92 Å². The number of hydrogen-bond donors (Lipinski definition) is 2. The lowest BCUT2D eigenvalue weighted by Crippen LogP contribution is -2.34. The topological polar surface area (TPSA) is 79.9 Å². The van der Waals surface area contributed by atoms with Crippen molar-refractivity contribution < 1.29 is 19.1 Å².